The van der Waals surface area contributed by atoms with Crippen LogP contribution in [0.25, 0.3) is 20.8 Å². The van der Waals surface area contributed by atoms with Gasteiger partial charge in [0.2, 0.25) is 5.95 Å². The predicted octanol–water partition coefficient (Wildman–Crippen LogP) is 3.82. The van der Waals surface area contributed by atoms with Gasteiger partial charge in [0.15, 0.2) is 0 Å². The van der Waals surface area contributed by atoms with Crippen molar-refractivity contribution in [2.45, 2.75) is 57.7 Å². The first-order valence-corrected chi connectivity index (χ1v) is 13.4. The van der Waals surface area contributed by atoms with E-state index in [1.165, 1.54) is 0 Å². The molecule has 0 spiro atoms. The van der Waals surface area contributed by atoms with Gasteiger partial charge in [-0.1, -0.05) is 0 Å². The lowest BCUT2D eigenvalue weighted by Gasteiger charge is -2.33. The first-order valence-electron chi connectivity index (χ1n) is 12.6. The van der Waals surface area contributed by atoms with Crippen LogP contribution in [0.4, 0.5) is 11.8 Å². The number of methoxy groups -OCH3 is 3. The van der Waals surface area contributed by atoms with Crippen molar-refractivity contribution >= 4 is 33.3 Å². The van der Waals surface area contributed by atoms with E-state index in [1.54, 1.807) is 32.7 Å². The van der Waals surface area contributed by atoms with Crippen molar-refractivity contribution in [3.63, 3.8) is 0 Å². The summed E-state index contributed by atoms with van der Waals surface area (Å²) in [7, 11) is 4.89. The van der Waals surface area contributed by atoms with Crippen LogP contribution < -0.4 is 10.6 Å². The lowest BCUT2D eigenvalue weighted by Crippen LogP contribution is -2.46. The van der Waals surface area contributed by atoms with Gasteiger partial charge in [-0.15, -0.1) is 11.3 Å². The molecule has 3 aromatic rings. The fourth-order valence-electron chi connectivity index (χ4n) is 5.17. The SMILES string of the molecule is COCC(C)Nc1nc(C)c(-c2nc3c(C)nccc3s2)c(NC2CCC(C(O)(COC)COC)C2)n1. The third kappa shape index (κ3) is 6.18. The number of aryl methyl sites for hydroxylation is 2. The van der Waals surface area contributed by atoms with Gasteiger partial charge in [-0.25, -0.2) is 9.97 Å². The molecule has 0 aliphatic heterocycles. The minimum atomic E-state index is -1.02. The van der Waals surface area contributed by atoms with Crippen LogP contribution in [0.3, 0.4) is 0 Å². The molecule has 202 valence electrons. The van der Waals surface area contributed by atoms with Crippen molar-refractivity contribution in [2.75, 3.05) is 51.8 Å². The molecule has 0 aromatic carbocycles. The molecule has 3 atom stereocenters. The average Bonchev–Trinajstić information content (AvgIpc) is 3.48. The maximum Gasteiger partial charge on any atom is 0.225 e. The maximum atomic E-state index is 11.2. The van der Waals surface area contributed by atoms with Crippen LogP contribution in [-0.2, 0) is 14.2 Å². The highest BCUT2D eigenvalue weighted by Crippen LogP contribution is 2.40. The number of nitrogens with one attached hydrogen (secondary N) is 2. The third-order valence-corrected chi connectivity index (χ3v) is 7.95. The number of thiazole rings is 1. The summed E-state index contributed by atoms with van der Waals surface area (Å²) in [6.45, 7) is 7.00. The van der Waals surface area contributed by atoms with E-state index in [0.29, 0.717) is 12.6 Å². The fraction of sp³-hybridized carbons (Fsp3) is 0.615. The monoisotopic (exact) mass is 530 g/mol. The molecule has 1 aliphatic rings. The van der Waals surface area contributed by atoms with Crippen molar-refractivity contribution in [2.24, 2.45) is 5.92 Å². The normalized spacial score (nSPS) is 18.9. The molecule has 1 saturated carbocycles. The fourth-order valence-corrected chi connectivity index (χ4v) is 6.28. The quantitative estimate of drug-likeness (QED) is 0.318. The maximum absolute atomic E-state index is 11.2. The third-order valence-electron chi connectivity index (χ3n) is 6.91. The molecule has 3 N–H and O–H groups in total. The van der Waals surface area contributed by atoms with Crippen LogP contribution in [-0.4, -0.2) is 83.9 Å². The molecular weight excluding hydrogens is 492 g/mol. The zero-order valence-corrected chi connectivity index (χ0v) is 23.3. The molecule has 37 heavy (non-hydrogen) atoms. The standard InChI is InChI=1S/C26H38N6O4S/c1-15(12-34-4)28-25-29-16(2)21(24-31-22-17(3)27-10-9-20(22)37-24)23(32-25)30-19-8-7-18(11-19)26(33,13-35-5)14-36-6/h9-10,15,18-19,33H,7-8,11-14H2,1-6H3,(H2,28,29,30,32). The first-order chi connectivity index (χ1) is 17.8. The van der Waals surface area contributed by atoms with Crippen molar-refractivity contribution < 1.29 is 19.3 Å². The van der Waals surface area contributed by atoms with Gasteiger partial charge in [0.05, 0.1) is 41.5 Å². The number of fused-ring (bicyclic) bond motifs is 1. The van der Waals surface area contributed by atoms with Crippen molar-refractivity contribution in [1.82, 2.24) is 19.9 Å². The highest BCUT2D eigenvalue weighted by Gasteiger charge is 2.42. The molecule has 10 nitrogen and oxygen atoms in total. The van der Waals surface area contributed by atoms with Crippen LogP contribution in [0.1, 0.15) is 37.6 Å². The molecule has 4 rings (SSSR count). The second-order valence-electron chi connectivity index (χ2n) is 9.94. The summed E-state index contributed by atoms with van der Waals surface area (Å²) >= 11 is 1.61. The highest BCUT2D eigenvalue weighted by molar-refractivity contribution is 7.21. The molecule has 0 amide bonds. The van der Waals surface area contributed by atoms with E-state index in [1.807, 2.05) is 33.0 Å². The number of hydrogen-bond acceptors (Lipinski definition) is 11. The molecular formula is C26H38N6O4S. The van der Waals surface area contributed by atoms with E-state index in [2.05, 4.69) is 15.6 Å². The molecule has 0 saturated heterocycles. The molecule has 3 heterocycles. The molecule has 3 unspecified atom stereocenters. The number of hydrogen-bond donors (Lipinski definition) is 3. The smallest absolute Gasteiger partial charge is 0.225 e. The number of anilines is 2. The largest absolute Gasteiger partial charge is 0.385 e. The Labute approximate surface area is 222 Å². The highest BCUT2D eigenvalue weighted by atomic mass is 32.1. The Morgan fingerprint density at radius 3 is 2.51 bits per heavy atom. The first kappa shape index (κ1) is 27.6. The van der Waals surface area contributed by atoms with Crippen LogP contribution in [0, 0.1) is 19.8 Å². The summed E-state index contributed by atoms with van der Waals surface area (Å²) in [5.74, 6) is 1.32. The Balaban J connectivity index is 1.67. The van der Waals surface area contributed by atoms with Crippen LogP contribution in [0.2, 0.25) is 0 Å². The average molecular weight is 531 g/mol. The van der Waals surface area contributed by atoms with Gasteiger partial charge < -0.3 is 30.0 Å². The van der Waals surface area contributed by atoms with Crippen LogP contribution >= 0.6 is 11.3 Å². The number of rotatable bonds is 12. The van der Waals surface area contributed by atoms with E-state index >= 15 is 0 Å². The number of nitrogens with zero attached hydrogens (tertiary/aromatic N) is 4. The van der Waals surface area contributed by atoms with Gasteiger partial charge in [-0.3, -0.25) is 4.98 Å². The Bertz CT molecular complexity index is 1200. The predicted molar refractivity (Wildman–Crippen MR) is 146 cm³/mol. The summed E-state index contributed by atoms with van der Waals surface area (Å²) in [4.78, 5) is 19.0. The van der Waals surface area contributed by atoms with E-state index < -0.39 is 5.60 Å². The number of aromatic nitrogens is 4. The molecule has 1 fully saturated rings. The summed E-state index contributed by atoms with van der Waals surface area (Å²) in [6.07, 6.45) is 4.35. The van der Waals surface area contributed by atoms with Crippen LogP contribution in [0.15, 0.2) is 12.3 Å². The number of aliphatic hydroxyl groups is 1. The van der Waals surface area contributed by atoms with Gasteiger partial charge in [0.25, 0.3) is 0 Å². The molecule has 0 radical (unpaired) electrons. The second kappa shape index (κ2) is 12.0. The lowest BCUT2D eigenvalue weighted by molar-refractivity contribution is -0.112. The van der Waals surface area contributed by atoms with Gasteiger partial charge in [-0.05, 0) is 52.0 Å². The topological polar surface area (TPSA) is 124 Å². The van der Waals surface area contributed by atoms with Gasteiger partial charge >= 0.3 is 0 Å². The van der Waals surface area contributed by atoms with Gasteiger partial charge in [0, 0.05) is 39.6 Å². The zero-order valence-electron chi connectivity index (χ0n) is 22.5. The minimum absolute atomic E-state index is 0.0479. The Morgan fingerprint density at radius 1 is 1.08 bits per heavy atom. The van der Waals surface area contributed by atoms with Gasteiger partial charge in [0.1, 0.15) is 21.9 Å². The molecule has 3 aromatic heterocycles. The molecule has 11 heteroatoms. The second-order valence-corrected chi connectivity index (χ2v) is 11.0. The van der Waals surface area contributed by atoms with E-state index in [0.717, 1.165) is 57.3 Å². The number of pyridine rings is 1. The Hall–Kier alpha value is -2.44. The van der Waals surface area contributed by atoms with E-state index in [-0.39, 0.29) is 31.2 Å². The van der Waals surface area contributed by atoms with E-state index in [9.17, 15) is 5.11 Å². The lowest BCUT2D eigenvalue weighted by atomic mass is 9.87. The molecule has 1 aliphatic carbocycles. The zero-order chi connectivity index (χ0) is 26.6. The summed E-state index contributed by atoms with van der Waals surface area (Å²) in [5, 5.41) is 19.1. The summed E-state index contributed by atoms with van der Waals surface area (Å²) in [5.41, 5.74) is 2.49. The molecule has 0 bridgehead atoms. The Morgan fingerprint density at radius 2 is 1.84 bits per heavy atom. The van der Waals surface area contributed by atoms with Crippen molar-refractivity contribution in [3.8, 4) is 10.6 Å². The minimum Gasteiger partial charge on any atom is -0.385 e. The summed E-state index contributed by atoms with van der Waals surface area (Å²) < 4.78 is 17.0. The van der Waals surface area contributed by atoms with Gasteiger partial charge in [-0.2, -0.15) is 4.98 Å². The Kier molecular flexibility index (Phi) is 8.91. The van der Waals surface area contributed by atoms with Crippen molar-refractivity contribution in [3.05, 3.63) is 23.7 Å². The van der Waals surface area contributed by atoms with E-state index in [4.69, 9.17) is 29.2 Å². The summed E-state index contributed by atoms with van der Waals surface area (Å²) in [6, 6.07) is 2.16. The van der Waals surface area contributed by atoms with Crippen LogP contribution in [0.5, 0.6) is 0 Å². The van der Waals surface area contributed by atoms with Crippen molar-refractivity contribution in [1.29, 1.82) is 0 Å². The number of ether oxygens (including phenoxy) is 3.